The van der Waals surface area contributed by atoms with Crippen molar-refractivity contribution in [2.24, 2.45) is 0 Å². The summed E-state index contributed by atoms with van der Waals surface area (Å²) in [6, 6.07) is 18.4. The van der Waals surface area contributed by atoms with E-state index in [4.69, 9.17) is 23.2 Å². The molecular weight excluding hydrogens is 477 g/mol. The maximum absolute atomic E-state index is 11.6. The number of nitrogens with zero attached hydrogens (tertiary/aromatic N) is 2. The van der Waals surface area contributed by atoms with Crippen molar-refractivity contribution in [1.29, 1.82) is 5.26 Å². The SMILES string of the molecule is CN(C)Cc1ccc(-c2c(Cl)cc(NCCc3ccc(S(C)(=O)=O)cc3)cc2Cl)cc1C#N. The molecule has 172 valence electrons. The fourth-order valence-electron chi connectivity index (χ4n) is 3.52. The number of benzene rings is 3. The minimum absolute atomic E-state index is 0.308. The highest BCUT2D eigenvalue weighted by atomic mass is 35.5. The second kappa shape index (κ2) is 10.6. The summed E-state index contributed by atoms with van der Waals surface area (Å²) in [5.74, 6) is 0. The molecule has 0 radical (unpaired) electrons. The lowest BCUT2D eigenvalue weighted by Gasteiger charge is -2.15. The third-order valence-corrected chi connectivity index (χ3v) is 6.87. The molecule has 8 heteroatoms. The zero-order valence-electron chi connectivity index (χ0n) is 18.7. The molecule has 0 aliphatic heterocycles. The van der Waals surface area contributed by atoms with Gasteiger partial charge in [-0.1, -0.05) is 47.5 Å². The first-order valence-corrected chi connectivity index (χ1v) is 12.9. The van der Waals surface area contributed by atoms with Crippen molar-refractivity contribution in [1.82, 2.24) is 4.90 Å². The van der Waals surface area contributed by atoms with Crippen LogP contribution in [0.5, 0.6) is 0 Å². The van der Waals surface area contributed by atoms with E-state index in [9.17, 15) is 13.7 Å². The summed E-state index contributed by atoms with van der Waals surface area (Å²) in [6.45, 7) is 1.30. The molecule has 1 N–H and O–H groups in total. The molecule has 0 spiro atoms. The summed E-state index contributed by atoms with van der Waals surface area (Å²) in [6.07, 6.45) is 1.90. The van der Waals surface area contributed by atoms with Crippen molar-refractivity contribution in [3.05, 3.63) is 81.3 Å². The van der Waals surface area contributed by atoms with E-state index in [1.54, 1.807) is 12.1 Å². The van der Waals surface area contributed by atoms with Crippen LogP contribution in [0.4, 0.5) is 5.69 Å². The van der Waals surface area contributed by atoms with Gasteiger partial charge < -0.3 is 10.2 Å². The van der Waals surface area contributed by atoms with Gasteiger partial charge in [0, 0.05) is 30.6 Å². The lowest BCUT2D eigenvalue weighted by Crippen LogP contribution is -2.11. The largest absolute Gasteiger partial charge is 0.385 e. The summed E-state index contributed by atoms with van der Waals surface area (Å²) in [4.78, 5) is 2.32. The van der Waals surface area contributed by atoms with Gasteiger partial charge in [-0.3, -0.25) is 0 Å². The number of rotatable bonds is 8. The maximum Gasteiger partial charge on any atom is 0.175 e. The van der Waals surface area contributed by atoms with Gasteiger partial charge in [0.1, 0.15) is 0 Å². The molecule has 0 atom stereocenters. The van der Waals surface area contributed by atoms with Crippen molar-refractivity contribution in [3.63, 3.8) is 0 Å². The molecule has 0 fully saturated rings. The van der Waals surface area contributed by atoms with E-state index < -0.39 is 9.84 Å². The second-order valence-electron chi connectivity index (χ2n) is 8.13. The fraction of sp³-hybridized carbons (Fsp3) is 0.240. The monoisotopic (exact) mass is 501 g/mol. The molecule has 0 unspecified atom stereocenters. The highest BCUT2D eigenvalue weighted by Gasteiger charge is 2.14. The Kier molecular flexibility index (Phi) is 8.04. The van der Waals surface area contributed by atoms with Crippen LogP contribution in [0.1, 0.15) is 16.7 Å². The van der Waals surface area contributed by atoms with E-state index in [0.29, 0.717) is 45.6 Å². The average Bonchev–Trinajstić information content (AvgIpc) is 2.73. The molecule has 3 aromatic carbocycles. The number of nitrogens with one attached hydrogen (secondary N) is 1. The van der Waals surface area contributed by atoms with Gasteiger partial charge in [-0.05, 0) is 67.5 Å². The second-order valence-corrected chi connectivity index (χ2v) is 11.0. The first-order chi connectivity index (χ1) is 15.6. The normalized spacial score (nSPS) is 11.4. The minimum atomic E-state index is -3.20. The van der Waals surface area contributed by atoms with Crippen molar-refractivity contribution in [2.75, 3.05) is 32.2 Å². The Morgan fingerprint density at radius 2 is 1.64 bits per heavy atom. The van der Waals surface area contributed by atoms with Crippen LogP contribution in [0.25, 0.3) is 11.1 Å². The molecule has 0 aromatic heterocycles. The Morgan fingerprint density at radius 1 is 1.00 bits per heavy atom. The smallest absolute Gasteiger partial charge is 0.175 e. The quantitative estimate of drug-likeness (QED) is 0.431. The average molecular weight is 502 g/mol. The van der Waals surface area contributed by atoms with Crippen LogP contribution < -0.4 is 5.32 Å². The van der Waals surface area contributed by atoms with Crippen molar-refractivity contribution >= 4 is 38.7 Å². The van der Waals surface area contributed by atoms with E-state index in [0.717, 1.165) is 22.4 Å². The van der Waals surface area contributed by atoms with Crippen LogP contribution in [-0.2, 0) is 22.8 Å². The van der Waals surface area contributed by atoms with Crippen LogP contribution in [-0.4, -0.2) is 40.2 Å². The molecule has 0 aliphatic rings. The van der Waals surface area contributed by atoms with Gasteiger partial charge in [-0.25, -0.2) is 8.42 Å². The molecule has 33 heavy (non-hydrogen) atoms. The molecule has 0 bridgehead atoms. The van der Waals surface area contributed by atoms with Crippen LogP contribution in [0.2, 0.25) is 10.0 Å². The highest BCUT2D eigenvalue weighted by Crippen LogP contribution is 2.38. The van der Waals surface area contributed by atoms with Gasteiger partial charge in [-0.15, -0.1) is 0 Å². The lowest BCUT2D eigenvalue weighted by atomic mass is 9.99. The number of halogens is 2. The van der Waals surface area contributed by atoms with Crippen LogP contribution in [0.15, 0.2) is 59.5 Å². The van der Waals surface area contributed by atoms with E-state index in [1.807, 2.05) is 61.5 Å². The summed E-state index contributed by atoms with van der Waals surface area (Å²) in [5, 5.41) is 13.8. The molecular formula is C25H25Cl2N3O2S. The van der Waals surface area contributed by atoms with Crippen LogP contribution >= 0.6 is 23.2 Å². The molecule has 0 saturated heterocycles. The Balaban J connectivity index is 1.73. The fourth-order valence-corrected chi connectivity index (χ4v) is 4.86. The molecule has 3 rings (SSSR count). The number of nitriles is 1. The number of sulfone groups is 1. The lowest BCUT2D eigenvalue weighted by molar-refractivity contribution is 0.402. The van der Waals surface area contributed by atoms with Gasteiger partial charge in [0.15, 0.2) is 9.84 Å². The molecule has 5 nitrogen and oxygen atoms in total. The number of hydrogen-bond acceptors (Lipinski definition) is 5. The van der Waals surface area contributed by atoms with Crippen LogP contribution in [0.3, 0.4) is 0 Å². The molecule has 3 aromatic rings. The van der Waals surface area contributed by atoms with Gasteiger partial charge in [0.2, 0.25) is 0 Å². The van der Waals surface area contributed by atoms with E-state index in [2.05, 4.69) is 11.4 Å². The zero-order valence-corrected chi connectivity index (χ0v) is 21.0. The minimum Gasteiger partial charge on any atom is -0.385 e. The topological polar surface area (TPSA) is 73.2 Å². The molecule has 0 aliphatic carbocycles. The Bertz CT molecular complexity index is 1280. The predicted octanol–water partition coefficient (Wildman–Crippen LogP) is 5.65. The van der Waals surface area contributed by atoms with E-state index in [1.165, 1.54) is 6.26 Å². The highest BCUT2D eigenvalue weighted by molar-refractivity contribution is 7.90. The summed E-state index contributed by atoms with van der Waals surface area (Å²) < 4.78 is 23.2. The van der Waals surface area contributed by atoms with Gasteiger partial charge in [-0.2, -0.15) is 5.26 Å². The van der Waals surface area contributed by atoms with Crippen molar-refractivity contribution in [2.45, 2.75) is 17.9 Å². The van der Waals surface area contributed by atoms with Crippen LogP contribution in [0, 0.1) is 11.3 Å². The number of anilines is 1. The molecule has 0 saturated carbocycles. The van der Waals surface area contributed by atoms with Gasteiger partial charge >= 0.3 is 0 Å². The standard InChI is InChI=1S/C25H25Cl2N3O2S/c1-30(2)16-19-7-6-18(12-20(19)15-28)25-23(26)13-21(14-24(25)27)29-11-10-17-4-8-22(9-5-17)33(3,31)32/h4-9,12-14,29H,10-11,16H2,1-3H3. The van der Waals surface area contributed by atoms with E-state index in [-0.39, 0.29) is 0 Å². The van der Waals surface area contributed by atoms with Gasteiger partial charge in [0.25, 0.3) is 0 Å². The summed E-state index contributed by atoms with van der Waals surface area (Å²) in [5.41, 5.74) is 4.82. The predicted molar refractivity (Wildman–Crippen MR) is 136 cm³/mol. The van der Waals surface area contributed by atoms with E-state index >= 15 is 0 Å². The maximum atomic E-state index is 11.6. The van der Waals surface area contributed by atoms with Crippen molar-refractivity contribution in [3.8, 4) is 17.2 Å². The number of hydrogen-bond donors (Lipinski definition) is 1. The third-order valence-electron chi connectivity index (χ3n) is 5.14. The molecule has 0 amide bonds. The first kappa shape index (κ1) is 25.1. The Hall–Kier alpha value is -2.56. The van der Waals surface area contributed by atoms with Crippen molar-refractivity contribution < 1.29 is 8.42 Å². The zero-order chi connectivity index (χ0) is 24.2. The Labute approximate surface area is 205 Å². The third kappa shape index (κ3) is 6.49. The molecule has 0 heterocycles. The summed E-state index contributed by atoms with van der Waals surface area (Å²) >= 11 is 13.1. The summed E-state index contributed by atoms with van der Waals surface area (Å²) in [7, 11) is 0.718. The Morgan fingerprint density at radius 3 is 2.18 bits per heavy atom. The van der Waals surface area contributed by atoms with Gasteiger partial charge in [0.05, 0.1) is 26.6 Å². The first-order valence-electron chi connectivity index (χ1n) is 10.3.